The van der Waals surface area contributed by atoms with Crippen molar-refractivity contribution in [2.45, 2.75) is 25.6 Å². The Kier molecular flexibility index (Phi) is 8.48. The minimum Gasteiger partial charge on any atom is -0.328 e. The highest BCUT2D eigenvalue weighted by molar-refractivity contribution is 6.31. The van der Waals surface area contributed by atoms with Gasteiger partial charge in [0.1, 0.15) is 5.82 Å². The van der Waals surface area contributed by atoms with Crippen molar-refractivity contribution in [3.8, 4) is 0 Å². The molecule has 176 valence electrons. The third-order valence-corrected chi connectivity index (χ3v) is 6.03. The normalized spacial score (nSPS) is 20.4. The van der Waals surface area contributed by atoms with Crippen LogP contribution in [0.15, 0.2) is 48.5 Å². The smallest absolute Gasteiger partial charge is 0.247 e. The molecule has 2 aliphatic heterocycles. The molecule has 2 atom stereocenters. The lowest BCUT2D eigenvalue weighted by molar-refractivity contribution is -0.136. The second-order valence-corrected chi connectivity index (χ2v) is 8.71. The second kappa shape index (κ2) is 11.1. The summed E-state index contributed by atoms with van der Waals surface area (Å²) < 4.78 is 13.2. The van der Waals surface area contributed by atoms with Crippen molar-refractivity contribution in [2.75, 3.05) is 31.5 Å². The van der Waals surface area contributed by atoms with E-state index in [1.807, 2.05) is 17.0 Å². The van der Waals surface area contributed by atoms with Gasteiger partial charge in [0.2, 0.25) is 11.8 Å². The van der Waals surface area contributed by atoms with E-state index in [1.54, 1.807) is 30.4 Å². The minimum atomic E-state index is -0.237. The maximum absolute atomic E-state index is 13.2. The summed E-state index contributed by atoms with van der Waals surface area (Å²) in [5, 5.41) is 6.68. The summed E-state index contributed by atoms with van der Waals surface area (Å²) in [4.78, 5) is 28.9. The molecule has 2 N–H and O–H groups in total. The van der Waals surface area contributed by atoms with E-state index >= 15 is 0 Å². The first-order valence-electron chi connectivity index (χ1n) is 10.6. The van der Waals surface area contributed by atoms with Crippen LogP contribution in [0.3, 0.4) is 0 Å². The summed E-state index contributed by atoms with van der Waals surface area (Å²) in [6.45, 7) is 5.12. The number of fused-ring (bicyclic) bond motifs is 2. The summed E-state index contributed by atoms with van der Waals surface area (Å²) >= 11 is 6.05. The number of carbonyl (C=O) groups excluding carboxylic acids is 2. The van der Waals surface area contributed by atoms with Gasteiger partial charge >= 0.3 is 0 Å². The van der Waals surface area contributed by atoms with Crippen LogP contribution in [0.4, 0.5) is 10.1 Å². The van der Waals surface area contributed by atoms with Gasteiger partial charge in [-0.2, -0.15) is 0 Å². The van der Waals surface area contributed by atoms with Gasteiger partial charge in [0.15, 0.2) is 0 Å². The fourth-order valence-corrected chi connectivity index (χ4v) is 4.62. The average Bonchev–Trinajstić information content (AvgIpc) is 2.73. The standard InChI is InChI=1S/C24H26ClFN4O2.ClH/c1-16(31)28-23-10-19(25)6-4-18(23)5-9-24(32)30-21-11-27-12-22(30)15-29(14-21)13-17-2-7-20(26)8-3-17;/h2-10,21-22,27H,11-15H2,1H3,(H,28,31);1H. The molecule has 4 rings (SSSR count). The van der Waals surface area contributed by atoms with Crippen molar-refractivity contribution in [1.82, 2.24) is 15.1 Å². The fraction of sp³-hybridized carbons (Fsp3) is 0.333. The van der Waals surface area contributed by atoms with Crippen molar-refractivity contribution in [3.05, 3.63) is 70.5 Å². The Hall–Kier alpha value is -2.45. The molecule has 0 radical (unpaired) electrons. The van der Waals surface area contributed by atoms with Crippen LogP contribution in [0.1, 0.15) is 18.1 Å². The first-order chi connectivity index (χ1) is 15.4. The monoisotopic (exact) mass is 492 g/mol. The lowest BCUT2D eigenvalue weighted by Gasteiger charge is -2.50. The molecule has 6 nitrogen and oxygen atoms in total. The maximum atomic E-state index is 13.2. The van der Waals surface area contributed by atoms with E-state index in [2.05, 4.69) is 15.5 Å². The number of hydrogen-bond acceptors (Lipinski definition) is 4. The number of rotatable bonds is 5. The number of nitrogens with zero attached hydrogens (tertiary/aromatic N) is 2. The van der Waals surface area contributed by atoms with E-state index in [0.717, 1.165) is 43.9 Å². The quantitative estimate of drug-likeness (QED) is 0.626. The molecule has 2 bridgehead atoms. The molecular formula is C24H27Cl2FN4O2. The van der Waals surface area contributed by atoms with E-state index in [4.69, 9.17) is 11.6 Å². The van der Waals surface area contributed by atoms with Crippen molar-refractivity contribution < 1.29 is 14.0 Å². The Bertz CT molecular complexity index is 1020. The number of piperazine rings is 2. The fourth-order valence-electron chi connectivity index (χ4n) is 4.44. The molecule has 2 amide bonds. The molecule has 0 saturated carbocycles. The zero-order chi connectivity index (χ0) is 22.7. The van der Waals surface area contributed by atoms with Gasteiger partial charge in [0, 0.05) is 56.4 Å². The molecule has 2 aliphatic rings. The van der Waals surface area contributed by atoms with Gasteiger partial charge in [-0.05, 0) is 41.5 Å². The van der Waals surface area contributed by atoms with Gasteiger partial charge in [0.05, 0.1) is 12.1 Å². The van der Waals surface area contributed by atoms with E-state index in [-0.39, 0.29) is 42.1 Å². The van der Waals surface area contributed by atoms with Crippen molar-refractivity contribution in [1.29, 1.82) is 0 Å². The van der Waals surface area contributed by atoms with Crippen molar-refractivity contribution in [3.63, 3.8) is 0 Å². The number of anilines is 1. The molecule has 2 fully saturated rings. The van der Waals surface area contributed by atoms with E-state index < -0.39 is 0 Å². The predicted molar refractivity (Wildman–Crippen MR) is 131 cm³/mol. The Balaban J connectivity index is 0.00000306. The highest BCUT2D eigenvalue weighted by Gasteiger charge is 2.39. The summed E-state index contributed by atoms with van der Waals surface area (Å²) in [6, 6.07) is 11.9. The summed E-state index contributed by atoms with van der Waals surface area (Å²) in [5.74, 6) is -0.489. The van der Waals surface area contributed by atoms with Crippen LogP contribution < -0.4 is 10.6 Å². The molecule has 0 aromatic heterocycles. The molecule has 9 heteroatoms. The van der Waals surface area contributed by atoms with E-state index in [9.17, 15) is 14.0 Å². The van der Waals surface area contributed by atoms with Crippen LogP contribution in [0.2, 0.25) is 5.02 Å². The largest absolute Gasteiger partial charge is 0.328 e. The van der Waals surface area contributed by atoms with E-state index in [0.29, 0.717) is 10.7 Å². The summed E-state index contributed by atoms with van der Waals surface area (Å²) in [7, 11) is 0. The first-order valence-corrected chi connectivity index (χ1v) is 11.0. The minimum absolute atomic E-state index is 0. The topological polar surface area (TPSA) is 64.7 Å². The Morgan fingerprint density at radius 1 is 1.15 bits per heavy atom. The van der Waals surface area contributed by atoms with Crippen LogP contribution in [0, 0.1) is 5.82 Å². The van der Waals surface area contributed by atoms with Gasteiger partial charge < -0.3 is 15.5 Å². The van der Waals surface area contributed by atoms with Gasteiger partial charge in [0.25, 0.3) is 0 Å². The van der Waals surface area contributed by atoms with Crippen LogP contribution in [0.25, 0.3) is 6.08 Å². The summed E-state index contributed by atoms with van der Waals surface area (Å²) in [5.41, 5.74) is 2.35. The zero-order valence-corrected chi connectivity index (χ0v) is 19.8. The molecular weight excluding hydrogens is 466 g/mol. The third-order valence-electron chi connectivity index (χ3n) is 5.79. The highest BCUT2D eigenvalue weighted by Crippen LogP contribution is 2.24. The Morgan fingerprint density at radius 2 is 1.82 bits per heavy atom. The molecule has 2 saturated heterocycles. The lowest BCUT2D eigenvalue weighted by atomic mass is 10.0. The van der Waals surface area contributed by atoms with Crippen molar-refractivity contribution >= 4 is 47.6 Å². The van der Waals surface area contributed by atoms with Crippen LogP contribution in [-0.2, 0) is 16.1 Å². The number of carbonyl (C=O) groups is 2. The van der Waals surface area contributed by atoms with Crippen LogP contribution in [-0.4, -0.2) is 59.9 Å². The lowest BCUT2D eigenvalue weighted by Crippen LogP contribution is -2.68. The molecule has 2 aromatic rings. The second-order valence-electron chi connectivity index (χ2n) is 8.28. The number of amides is 2. The molecule has 2 heterocycles. The Labute approximate surface area is 204 Å². The first kappa shape index (κ1) is 25.2. The highest BCUT2D eigenvalue weighted by atomic mass is 35.5. The zero-order valence-electron chi connectivity index (χ0n) is 18.3. The maximum Gasteiger partial charge on any atom is 0.247 e. The molecule has 0 aliphatic carbocycles. The van der Waals surface area contributed by atoms with Crippen LogP contribution in [0.5, 0.6) is 0 Å². The molecule has 2 aromatic carbocycles. The Morgan fingerprint density at radius 3 is 2.45 bits per heavy atom. The number of nitrogens with one attached hydrogen (secondary N) is 2. The molecule has 0 spiro atoms. The predicted octanol–water partition coefficient (Wildman–Crippen LogP) is 3.56. The average molecular weight is 493 g/mol. The van der Waals surface area contributed by atoms with Crippen molar-refractivity contribution in [2.24, 2.45) is 0 Å². The van der Waals surface area contributed by atoms with Gasteiger partial charge in [-0.3, -0.25) is 14.5 Å². The van der Waals surface area contributed by atoms with Crippen LogP contribution >= 0.6 is 24.0 Å². The molecule has 2 unspecified atom stereocenters. The van der Waals surface area contributed by atoms with Gasteiger partial charge in [-0.1, -0.05) is 29.8 Å². The number of halogens is 3. The number of benzene rings is 2. The SMILES string of the molecule is CC(=O)Nc1cc(Cl)ccc1C=CC(=O)N1C2CNCC1CN(Cc1ccc(F)cc1)C2.Cl. The van der Waals surface area contributed by atoms with Gasteiger partial charge in [-0.25, -0.2) is 4.39 Å². The van der Waals surface area contributed by atoms with Gasteiger partial charge in [-0.15, -0.1) is 12.4 Å². The molecule has 33 heavy (non-hydrogen) atoms. The third kappa shape index (κ3) is 6.32. The number of hydrogen-bond donors (Lipinski definition) is 2. The summed E-state index contributed by atoms with van der Waals surface area (Å²) in [6.07, 6.45) is 3.29. The van der Waals surface area contributed by atoms with E-state index in [1.165, 1.54) is 19.1 Å².